The Morgan fingerprint density at radius 1 is 0.960 bits per heavy atom. The molecule has 0 amide bonds. The summed E-state index contributed by atoms with van der Waals surface area (Å²) in [5.41, 5.74) is 8.22. The minimum atomic E-state index is -1.23. The van der Waals surface area contributed by atoms with Crippen molar-refractivity contribution < 1.29 is 17.9 Å². The van der Waals surface area contributed by atoms with Crippen LogP contribution in [0.3, 0.4) is 0 Å². The molecular formula is C20H16F3NO. The lowest BCUT2D eigenvalue weighted by molar-refractivity contribution is 0.149. The van der Waals surface area contributed by atoms with Gasteiger partial charge >= 0.3 is 0 Å². The van der Waals surface area contributed by atoms with Gasteiger partial charge in [0.05, 0.1) is 6.04 Å². The number of hydrogen-bond acceptors (Lipinski definition) is 2. The maximum Gasteiger partial charge on any atom is 0.161 e. The van der Waals surface area contributed by atoms with Gasteiger partial charge in [-0.3, -0.25) is 0 Å². The molecule has 0 aromatic heterocycles. The molecule has 0 aliphatic carbocycles. The van der Waals surface area contributed by atoms with Gasteiger partial charge in [-0.2, -0.15) is 0 Å². The monoisotopic (exact) mass is 343 g/mol. The molecule has 1 aliphatic heterocycles. The first-order valence-electron chi connectivity index (χ1n) is 8.03. The molecule has 3 aromatic carbocycles. The molecule has 1 aliphatic rings. The lowest BCUT2D eigenvalue weighted by atomic mass is 9.89. The minimum Gasteiger partial charge on any atom is -0.484 e. The Morgan fingerprint density at radius 3 is 2.52 bits per heavy atom. The molecule has 128 valence electrons. The highest BCUT2D eigenvalue weighted by Gasteiger charge is 2.32. The van der Waals surface area contributed by atoms with Crippen molar-refractivity contribution in [3.05, 3.63) is 76.6 Å². The SMILES string of the molecule is Cc1ccc2c3c(ccc2c1)O[C@H](c1cc(F)c(F)cc1F)[C@@H](N)C3. The van der Waals surface area contributed by atoms with Crippen LogP contribution in [0.1, 0.15) is 22.8 Å². The summed E-state index contributed by atoms with van der Waals surface area (Å²) in [5, 5.41) is 2.11. The molecule has 0 bridgehead atoms. The number of nitrogens with two attached hydrogens (primary N) is 1. The van der Waals surface area contributed by atoms with Crippen LogP contribution >= 0.6 is 0 Å². The first-order valence-corrected chi connectivity index (χ1v) is 8.03. The van der Waals surface area contributed by atoms with Gasteiger partial charge in [-0.15, -0.1) is 0 Å². The number of aryl methyl sites for hydroxylation is 1. The van der Waals surface area contributed by atoms with Crippen LogP contribution in [0.25, 0.3) is 10.8 Å². The molecular weight excluding hydrogens is 327 g/mol. The summed E-state index contributed by atoms with van der Waals surface area (Å²) in [6.07, 6.45) is -0.413. The predicted molar refractivity (Wildman–Crippen MR) is 90.0 cm³/mol. The van der Waals surface area contributed by atoms with Gasteiger partial charge in [0.1, 0.15) is 17.7 Å². The number of benzene rings is 3. The van der Waals surface area contributed by atoms with Crippen molar-refractivity contribution in [1.82, 2.24) is 0 Å². The molecule has 2 nitrogen and oxygen atoms in total. The summed E-state index contributed by atoms with van der Waals surface area (Å²) in [4.78, 5) is 0. The van der Waals surface area contributed by atoms with E-state index >= 15 is 0 Å². The molecule has 25 heavy (non-hydrogen) atoms. The summed E-state index contributed by atoms with van der Waals surface area (Å²) in [7, 11) is 0. The summed E-state index contributed by atoms with van der Waals surface area (Å²) in [5.74, 6) is -2.62. The highest BCUT2D eigenvalue weighted by atomic mass is 19.2. The van der Waals surface area contributed by atoms with Gasteiger partial charge in [-0.1, -0.05) is 29.8 Å². The van der Waals surface area contributed by atoms with E-state index in [2.05, 4.69) is 6.07 Å². The zero-order valence-electron chi connectivity index (χ0n) is 13.5. The van der Waals surface area contributed by atoms with Gasteiger partial charge in [0.15, 0.2) is 11.6 Å². The van der Waals surface area contributed by atoms with Crippen molar-refractivity contribution in [2.45, 2.75) is 25.5 Å². The fourth-order valence-electron chi connectivity index (χ4n) is 3.43. The molecule has 0 spiro atoms. The number of ether oxygens (including phenoxy) is 1. The van der Waals surface area contributed by atoms with E-state index in [1.807, 2.05) is 31.2 Å². The highest BCUT2D eigenvalue weighted by molar-refractivity contribution is 5.88. The van der Waals surface area contributed by atoms with Crippen molar-refractivity contribution in [1.29, 1.82) is 0 Å². The van der Waals surface area contributed by atoms with E-state index in [9.17, 15) is 13.2 Å². The van der Waals surface area contributed by atoms with Crippen LogP contribution in [0, 0.1) is 24.4 Å². The third-order valence-electron chi connectivity index (χ3n) is 4.67. The van der Waals surface area contributed by atoms with Crippen LogP contribution in [0.2, 0.25) is 0 Å². The van der Waals surface area contributed by atoms with Gasteiger partial charge in [-0.25, -0.2) is 13.2 Å². The summed E-state index contributed by atoms with van der Waals surface area (Å²) in [6.45, 7) is 2.02. The molecule has 3 aromatic rings. The maximum atomic E-state index is 14.1. The molecule has 5 heteroatoms. The number of hydrogen-bond donors (Lipinski definition) is 1. The van der Waals surface area contributed by atoms with Crippen LogP contribution in [0.5, 0.6) is 5.75 Å². The standard InChI is InChI=1S/C20H16F3NO/c1-10-2-4-12-11(6-10)3-5-19-13(12)8-18(24)20(25-19)14-7-16(22)17(23)9-15(14)21/h2-7,9,18,20H,8,24H2,1H3/t18-,20+/m0/s1. The van der Waals surface area contributed by atoms with E-state index in [0.717, 1.165) is 28.0 Å². The van der Waals surface area contributed by atoms with E-state index in [1.54, 1.807) is 0 Å². The van der Waals surface area contributed by atoms with Gasteiger partial charge in [0.25, 0.3) is 0 Å². The van der Waals surface area contributed by atoms with Gasteiger partial charge in [0, 0.05) is 17.2 Å². The average Bonchev–Trinajstić information content (AvgIpc) is 2.57. The Morgan fingerprint density at radius 2 is 1.72 bits per heavy atom. The molecule has 4 rings (SSSR count). The lowest BCUT2D eigenvalue weighted by Crippen LogP contribution is -2.38. The summed E-state index contributed by atoms with van der Waals surface area (Å²) >= 11 is 0. The Hall–Kier alpha value is -2.53. The van der Waals surface area contributed by atoms with Crippen molar-refractivity contribution in [2.24, 2.45) is 5.73 Å². The Balaban J connectivity index is 1.80. The first-order chi connectivity index (χ1) is 11.9. The Bertz CT molecular complexity index is 986. The normalized spacial score (nSPS) is 19.6. The van der Waals surface area contributed by atoms with Crippen LogP contribution < -0.4 is 10.5 Å². The molecule has 0 saturated carbocycles. The fraction of sp³-hybridized carbons (Fsp3) is 0.200. The Labute approximate surface area is 143 Å². The first kappa shape index (κ1) is 16.0. The molecule has 0 saturated heterocycles. The van der Waals surface area contributed by atoms with Gasteiger partial charge in [-0.05, 0) is 36.2 Å². The third-order valence-corrected chi connectivity index (χ3v) is 4.67. The zero-order chi connectivity index (χ0) is 17.7. The second-order valence-corrected chi connectivity index (χ2v) is 6.46. The van der Waals surface area contributed by atoms with Crippen LogP contribution in [-0.2, 0) is 6.42 Å². The third kappa shape index (κ3) is 2.65. The van der Waals surface area contributed by atoms with Gasteiger partial charge in [0.2, 0.25) is 0 Å². The molecule has 2 N–H and O–H groups in total. The van der Waals surface area contributed by atoms with Crippen molar-refractivity contribution >= 4 is 10.8 Å². The second kappa shape index (κ2) is 5.77. The minimum absolute atomic E-state index is 0.0685. The number of rotatable bonds is 1. The quantitative estimate of drug-likeness (QED) is 0.657. The topological polar surface area (TPSA) is 35.2 Å². The van der Waals surface area contributed by atoms with Crippen LogP contribution in [0.4, 0.5) is 13.2 Å². The molecule has 0 radical (unpaired) electrons. The number of halogens is 3. The zero-order valence-corrected chi connectivity index (χ0v) is 13.5. The van der Waals surface area contributed by atoms with E-state index in [-0.39, 0.29) is 5.56 Å². The average molecular weight is 343 g/mol. The van der Waals surface area contributed by atoms with E-state index < -0.39 is 29.6 Å². The molecule has 1 heterocycles. The lowest BCUT2D eigenvalue weighted by Gasteiger charge is -2.32. The largest absolute Gasteiger partial charge is 0.484 e. The van der Waals surface area contributed by atoms with Gasteiger partial charge < -0.3 is 10.5 Å². The van der Waals surface area contributed by atoms with Crippen LogP contribution in [0.15, 0.2) is 42.5 Å². The summed E-state index contributed by atoms with van der Waals surface area (Å²) < 4.78 is 46.7. The highest BCUT2D eigenvalue weighted by Crippen LogP contribution is 2.39. The fourth-order valence-corrected chi connectivity index (χ4v) is 3.43. The smallest absolute Gasteiger partial charge is 0.161 e. The summed E-state index contributed by atoms with van der Waals surface area (Å²) in [6, 6.07) is 10.6. The Kier molecular flexibility index (Phi) is 3.69. The second-order valence-electron chi connectivity index (χ2n) is 6.46. The van der Waals surface area contributed by atoms with Crippen molar-refractivity contribution in [3.8, 4) is 5.75 Å². The van der Waals surface area contributed by atoms with E-state index in [0.29, 0.717) is 18.2 Å². The molecule has 0 fully saturated rings. The predicted octanol–water partition coefficient (Wildman–Crippen LogP) is 4.57. The maximum absolute atomic E-state index is 14.1. The van der Waals surface area contributed by atoms with Crippen LogP contribution in [-0.4, -0.2) is 6.04 Å². The van der Waals surface area contributed by atoms with E-state index in [4.69, 9.17) is 10.5 Å². The van der Waals surface area contributed by atoms with Crippen molar-refractivity contribution in [2.75, 3.05) is 0 Å². The molecule has 0 unspecified atom stereocenters. The van der Waals surface area contributed by atoms with Crippen molar-refractivity contribution in [3.63, 3.8) is 0 Å². The van der Waals surface area contributed by atoms with E-state index in [1.165, 1.54) is 0 Å². The number of fused-ring (bicyclic) bond motifs is 3. The molecule has 2 atom stereocenters.